The monoisotopic (exact) mass is 300 g/mol. The van der Waals surface area contributed by atoms with Crippen molar-refractivity contribution < 1.29 is 14.7 Å². The van der Waals surface area contributed by atoms with Gasteiger partial charge in [-0.2, -0.15) is 11.8 Å². The number of hydrogen-bond acceptors (Lipinski definition) is 3. The summed E-state index contributed by atoms with van der Waals surface area (Å²) in [6, 6.07) is 0.150. The van der Waals surface area contributed by atoms with E-state index in [0.717, 1.165) is 38.1 Å². The Morgan fingerprint density at radius 2 is 1.90 bits per heavy atom. The highest BCUT2D eigenvalue weighted by Crippen LogP contribution is 2.25. The minimum atomic E-state index is -0.728. The van der Waals surface area contributed by atoms with Crippen LogP contribution in [-0.2, 0) is 4.79 Å². The zero-order valence-corrected chi connectivity index (χ0v) is 12.9. The lowest BCUT2D eigenvalue weighted by atomic mass is 9.94. The van der Waals surface area contributed by atoms with Crippen molar-refractivity contribution in [1.29, 1.82) is 0 Å². The molecule has 0 aliphatic carbocycles. The SMILES string of the molecule is CCC1CN(C(=O)N2CCC(CC(=O)O)CC2)CCS1. The predicted octanol–water partition coefficient (Wildman–Crippen LogP) is 2.12. The fourth-order valence-corrected chi connectivity index (χ4v) is 4.10. The summed E-state index contributed by atoms with van der Waals surface area (Å²) in [5.74, 6) is 0.533. The molecule has 2 aliphatic rings. The average Bonchev–Trinajstić information content (AvgIpc) is 2.47. The van der Waals surface area contributed by atoms with Gasteiger partial charge in [-0.05, 0) is 25.2 Å². The van der Waals surface area contributed by atoms with Crippen LogP contribution >= 0.6 is 11.8 Å². The van der Waals surface area contributed by atoms with Crippen LogP contribution in [0.2, 0.25) is 0 Å². The third kappa shape index (κ3) is 4.04. The molecule has 0 aromatic heterocycles. The van der Waals surface area contributed by atoms with Crippen molar-refractivity contribution in [3.8, 4) is 0 Å². The van der Waals surface area contributed by atoms with Crippen molar-refractivity contribution in [2.24, 2.45) is 5.92 Å². The lowest BCUT2D eigenvalue weighted by Gasteiger charge is -2.38. The van der Waals surface area contributed by atoms with Crippen LogP contribution in [0.25, 0.3) is 0 Å². The van der Waals surface area contributed by atoms with Crippen LogP contribution in [0, 0.1) is 5.92 Å². The topological polar surface area (TPSA) is 60.9 Å². The van der Waals surface area contributed by atoms with E-state index in [-0.39, 0.29) is 18.4 Å². The van der Waals surface area contributed by atoms with Gasteiger partial charge in [-0.1, -0.05) is 6.92 Å². The van der Waals surface area contributed by atoms with Gasteiger partial charge in [0.15, 0.2) is 0 Å². The normalized spacial score (nSPS) is 24.8. The lowest BCUT2D eigenvalue weighted by molar-refractivity contribution is -0.138. The largest absolute Gasteiger partial charge is 0.481 e. The molecule has 1 unspecified atom stereocenters. The quantitative estimate of drug-likeness (QED) is 0.867. The van der Waals surface area contributed by atoms with Crippen molar-refractivity contribution in [2.45, 2.75) is 37.9 Å². The summed E-state index contributed by atoms with van der Waals surface area (Å²) < 4.78 is 0. The van der Waals surface area contributed by atoms with Gasteiger partial charge in [-0.15, -0.1) is 0 Å². The minimum absolute atomic E-state index is 0.150. The maximum absolute atomic E-state index is 12.5. The number of nitrogens with zero attached hydrogens (tertiary/aromatic N) is 2. The van der Waals surface area contributed by atoms with Crippen LogP contribution in [-0.4, -0.2) is 64.1 Å². The predicted molar refractivity (Wildman–Crippen MR) is 80.1 cm³/mol. The number of carbonyl (C=O) groups excluding carboxylic acids is 1. The van der Waals surface area contributed by atoms with Crippen molar-refractivity contribution in [3.05, 3.63) is 0 Å². The number of amides is 2. The average molecular weight is 300 g/mol. The molecular formula is C14H24N2O3S. The van der Waals surface area contributed by atoms with Gasteiger partial charge in [0.2, 0.25) is 0 Å². The van der Waals surface area contributed by atoms with E-state index in [9.17, 15) is 9.59 Å². The van der Waals surface area contributed by atoms with Crippen LogP contribution in [0.3, 0.4) is 0 Å². The summed E-state index contributed by atoms with van der Waals surface area (Å²) in [6.45, 7) is 5.28. The first-order valence-corrected chi connectivity index (χ1v) is 8.52. The Morgan fingerprint density at radius 1 is 1.20 bits per heavy atom. The number of carboxylic acids is 1. The van der Waals surface area contributed by atoms with E-state index in [1.807, 2.05) is 21.6 Å². The smallest absolute Gasteiger partial charge is 0.320 e. The van der Waals surface area contributed by atoms with Crippen LogP contribution in [0.4, 0.5) is 4.79 Å². The first-order chi connectivity index (χ1) is 9.60. The number of rotatable bonds is 3. The molecule has 0 radical (unpaired) electrons. The second-order valence-corrected chi connectivity index (χ2v) is 7.07. The molecule has 0 saturated carbocycles. The third-order valence-electron chi connectivity index (χ3n) is 4.21. The number of carbonyl (C=O) groups is 2. The summed E-state index contributed by atoms with van der Waals surface area (Å²) in [7, 11) is 0. The van der Waals surface area contributed by atoms with Gasteiger partial charge in [0.1, 0.15) is 0 Å². The highest BCUT2D eigenvalue weighted by molar-refractivity contribution is 8.00. The molecule has 0 aromatic rings. The van der Waals surface area contributed by atoms with E-state index in [2.05, 4.69) is 6.92 Å². The highest BCUT2D eigenvalue weighted by Gasteiger charge is 2.29. The Bertz CT molecular complexity index is 356. The first-order valence-electron chi connectivity index (χ1n) is 7.47. The van der Waals surface area contributed by atoms with Crippen LogP contribution in [0.15, 0.2) is 0 Å². The number of urea groups is 1. The van der Waals surface area contributed by atoms with Gasteiger partial charge in [0.25, 0.3) is 0 Å². The molecule has 20 heavy (non-hydrogen) atoms. The second-order valence-electron chi connectivity index (χ2n) is 5.66. The molecule has 1 atom stereocenters. The van der Waals surface area contributed by atoms with E-state index in [0.29, 0.717) is 18.3 Å². The van der Waals surface area contributed by atoms with E-state index in [1.165, 1.54) is 0 Å². The summed E-state index contributed by atoms with van der Waals surface area (Å²) in [6.07, 6.45) is 2.98. The molecule has 5 nitrogen and oxygen atoms in total. The van der Waals surface area contributed by atoms with Crippen LogP contribution < -0.4 is 0 Å². The van der Waals surface area contributed by atoms with Crippen LogP contribution in [0.1, 0.15) is 32.6 Å². The summed E-state index contributed by atoms with van der Waals surface area (Å²) in [4.78, 5) is 27.1. The number of aliphatic carboxylic acids is 1. The second kappa shape index (κ2) is 7.20. The molecule has 1 N–H and O–H groups in total. The van der Waals surface area contributed by atoms with E-state index < -0.39 is 5.97 Å². The number of thioether (sulfide) groups is 1. The fourth-order valence-electron chi connectivity index (χ4n) is 2.92. The fraction of sp³-hybridized carbons (Fsp3) is 0.857. The Labute approximate surface area is 124 Å². The van der Waals surface area contributed by atoms with Crippen molar-refractivity contribution in [2.75, 3.05) is 31.9 Å². The molecule has 2 fully saturated rings. The van der Waals surface area contributed by atoms with E-state index in [1.54, 1.807) is 0 Å². The van der Waals surface area contributed by atoms with Gasteiger partial charge in [-0.3, -0.25) is 4.79 Å². The number of carboxylic acid groups (broad SMARTS) is 1. The molecule has 114 valence electrons. The summed E-state index contributed by atoms with van der Waals surface area (Å²) in [5.41, 5.74) is 0. The Hall–Kier alpha value is -0.910. The highest BCUT2D eigenvalue weighted by atomic mass is 32.2. The molecule has 2 aliphatic heterocycles. The zero-order valence-electron chi connectivity index (χ0n) is 12.1. The molecule has 0 spiro atoms. The molecule has 0 aromatic carbocycles. The summed E-state index contributed by atoms with van der Waals surface area (Å²) in [5, 5.41) is 9.38. The maximum atomic E-state index is 12.5. The van der Waals surface area contributed by atoms with Crippen molar-refractivity contribution in [3.63, 3.8) is 0 Å². The molecule has 2 heterocycles. The first kappa shape index (κ1) is 15.5. The minimum Gasteiger partial charge on any atom is -0.481 e. The maximum Gasteiger partial charge on any atom is 0.320 e. The lowest BCUT2D eigenvalue weighted by Crippen LogP contribution is -2.50. The van der Waals surface area contributed by atoms with Crippen molar-refractivity contribution >= 4 is 23.8 Å². The molecule has 2 amide bonds. The zero-order chi connectivity index (χ0) is 14.5. The Morgan fingerprint density at radius 3 is 2.50 bits per heavy atom. The van der Waals surface area contributed by atoms with E-state index >= 15 is 0 Å². The molecule has 2 rings (SSSR count). The van der Waals surface area contributed by atoms with Gasteiger partial charge in [0.05, 0.1) is 0 Å². The molecule has 6 heteroatoms. The van der Waals surface area contributed by atoms with Gasteiger partial charge < -0.3 is 14.9 Å². The number of hydrogen-bond donors (Lipinski definition) is 1. The Balaban J connectivity index is 1.80. The van der Waals surface area contributed by atoms with Crippen LogP contribution in [0.5, 0.6) is 0 Å². The molecular weight excluding hydrogens is 276 g/mol. The Kier molecular flexibility index (Phi) is 5.57. The van der Waals surface area contributed by atoms with Gasteiger partial charge >= 0.3 is 12.0 Å². The molecule has 2 saturated heterocycles. The molecule has 0 bridgehead atoms. The van der Waals surface area contributed by atoms with Gasteiger partial charge in [0, 0.05) is 43.6 Å². The summed E-state index contributed by atoms with van der Waals surface area (Å²) >= 11 is 1.96. The number of likely N-dealkylation sites (tertiary alicyclic amines) is 1. The standard InChI is InChI=1S/C14H24N2O3S/c1-2-12-10-16(7-8-20-12)14(19)15-5-3-11(4-6-15)9-13(17)18/h11-12H,2-10H2,1H3,(H,17,18). The third-order valence-corrected chi connectivity index (χ3v) is 5.59. The number of piperidine rings is 1. The van der Waals surface area contributed by atoms with E-state index in [4.69, 9.17) is 5.11 Å². The van der Waals surface area contributed by atoms with Crippen molar-refractivity contribution in [1.82, 2.24) is 9.80 Å². The van der Waals surface area contributed by atoms with Gasteiger partial charge in [-0.25, -0.2) is 4.79 Å².